The molecule has 24 heavy (non-hydrogen) atoms. The zero-order valence-corrected chi connectivity index (χ0v) is 13.0. The average Bonchev–Trinajstić information content (AvgIpc) is 3.06. The lowest BCUT2D eigenvalue weighted by Crippen LogP contribution is -2.36. The molecule has 0 bridgehead atoms. The van der Waals surface area contributed by atoms with E-state index in [1.165, 1.54) is 12.1 Å². The first kappa shape index (κ1) is 15.8. The number of ether oxygens (including phenoxy) is 2. The van der Waals surface area contributed by atoms with Gasteiger partial charge < -0.3 is 14.8 Å². The summed E-state index contributed by atoms with van der Waals surface area (Å²) in [5.74, 6) is 0.0594. The second-order valence-electron chi connectivity index (χ2n) is 5.37. The molecule has 9 nitrogen and oxygen atoms in total. The van der Waals surface area contributed by atoms with Gasteiger partial charge in [-0.05, 0) is 13.0 Å². The summed E-state index contributed by atoms with van der Waals surface area (Å²) in [5, 5.41) is 18.1. The van der Waals surface area contributed by atoms with Crippen LogP contribution in [0.1, 0.15) is 17.3 Å². The number of fused-ring (bicyclic) bond motifs is 1. The van der Waals surface area contributed by atoms with Crippen LogP contribution in [-0.2, 0) is 6.54 Å². The Kier molecular flexibility index (Phi) is 4.32. The standard InChI is InChI=1S/C15H16N4O5/c1-10(9-18-4-2-3-16-18)17-15(20)11-7-13-14(24-6-5-23-13)8-12(11)19(21)22/h2-4,7-8,10H,5-6,9H2,1H3,(H,17,20). The summed E-state index contributed by atoms with van der Waals surface area (Å²) in [6, 6.07) is 4.09. The van der Waals surface area contributed by atoms with E-state index in [2.05, 4.69) is 10.4 Å². The van der Waals surface area contributed by atoms with E-state index in [0.717, 1.165) is 0 Å². The van der Waals surface area contributed by atoms with Crippen molar-refractivity contribution in [2.24, 2.45) is 0 Å². The van der Waals surface area contributed by atoms with Gasteiger partial charge in [-0.15, -0.1) is 0 Å². The van der Waals surface area contributed by atoms with E-state index in [0.29, 0.717) is 25.5 Å². The van der Waals surface area contributed by atoms with E-state index >= 15 is 0 Å². The first-order chi connectivity index (χ1) is 11.5. The monoisotopic (exact) mass is 332 g/mol. The molecule has 0 spiro atoms. The molecule has 1 aromatic heterocycles. The number of nitro groups is 1. The van der Waals surface area contributed by atoms with E-state index in [4.69, 9.17) is 9.47 Å². The van der Waals surface area contributed by atoms with Gasteiger partial charge in [-0.2, -0.15) is 5.10 Å². The molecular weight excluding hydrogens is 316 g/mol. The highest BCUT2D eigenvalue weighted by atomic mass is 16.6. The fraction of sp³-hybridized carbons (Fsp3) is 0.333. The summed E-state index contributed by atoms with van der Waals surface area (Å²) in [6.07, 6.45) is 3.41. The summed E-state index contributed by atoms with van der Waals surface area (Å²) < 4.78 is 12.4. The molecule has 3 rings (SSSR count). The molecule has 0 radical (unpaired) electrons. The second kappa shape index (κ2) is 6.57. The Bertz CT molecular complexity index is 759. The summed E-state index contributed by atoms with van der Waals surface area (Å²) in [6.45, 7) is 2.90. The van der Waals surface area contributed by atoms with E-state index < -0.39 is 10.8 Å². The second-order valence-corrected chi connectivity index (χ2v) is 5.37. The molecule has 1 atom stereocenters. The normalized spacial score (nSPS) is 14.0. The van der Waals surface area contributed by atoms with Crippen LogP contribution in [0.2, 0.25) is 0 Å². The fourth-order valence-corrected chi connectivity index (χ4v) is 2.45. The molecule has 0 saturated carbocycles. The Balaban J connectivity index is 1.81. The van der Waals surface area contributed by atoms with E-state index in [1.54, 1.807) is 30.1 Å². The van der Waals surface area contributed by atoms with E-state index in [9.17, 15) is 14.9 Å². The van der Waals surface area contributed by atoms with E-state index in [-0.39, 0.29) is 23.0 Å². The average molecular weight is 332 g/mol. The molecule has 1 amide bonds. The quantitative estimate of drug-likeness (QED) is 0.654. The van der Waals surface area contributed by atoms with Crippen LogP contribution in [-0.4, -0.2) is 39.9 Å². The Morgan fingerprint density at radius 3 is 2.75 bits per heavy atom. The van der Waals surface area contributed by atoms with Crippen molar-refractivity contribution in [3.8, 4) is 11.5 Å². The van der Waals surface area contributed by atoms with Crippen molar-refractivity contribution in [3.05, 3.63) is 46.3 Å². The number of rotatable bonds is 5. The number of carbonyl (C=O) groups is 1. The van der Waals surface area contributed by atoms with Crippen molar-refractivity contribution < 1.29 is 19.2 Å². The lowest BCUT2D eigenvalue weighted by molar-refractivity contribution is -0.385. The minimum absolute atomic E-state index is 0.0587. The van der Waals surface area contributed by atoms with Gasteiger partial charge >= 0.3 is 0 Å². The van der Waals surface area contributed by atoms with Gasteiger partial charge in [0.15, 0.2) is 11.5 Å². The van der Waals surface area contributed by atoms with Crippen LogP contribution in [0.5, 0.6) is 11.5 Å². The number of nitro benzene ring substituents is 1. The first-order valence-electron chi connectivity index (χ1n) is 7.41. The molecule has 0 aliphatic carbocycles. The van der Waals surface area contributed by atoms with Gasteiger partial charge in [-0.3, -0.25) is 19.6 Å². The predicted molar refractivity (Wildman–Crippen MR) is 83.2 cm³/mol. The highest BCUT2D eigenvalue weighted by molar-refractivity contribution is 5.99. The van der Waals surface area contributed by atoms with Gasteiger partial charge in [-0.1, -0.05) is 0 Å². The third-order valence-electron chi connectivity index (χ3n) is 3.50. The van der Waals surface area contributed by atoms with E-state index in [1.807, 2.05) is 0 Å². The largest absolute Gasteiger partial charge is 0.486 e. The third kappa shape index (κ3) is 3.29. The summed E-state index contributed by atoms with van der Waals surface area (Å²) >= 11 is 0. The van der Waals surface area contributed by atoms with Crippen LogP contribution in [0.4, 0.5) is 5.69 Å². The van der Waals surface area contributed by atoms with Gasteiger partial charge in [-0.25, -0.2) is 0 Å². The highest BCUT2D eigenvalue weighted by Gasteiger charge is 2.27. The van der Waals surface area contributed by atoms with Crippen LogP contribution in [0.3, 0.4) is 0 Å². The maximum Gasteiger partial charge on any atom is 0.286 e. The van der Waals surface area contributed by atoms with Crippen molar-refractivity contribution in [3.63, 3.8) is 0 Å². The molecule has 1 aromatic carbocycles. The third-order valence-corrected chi connectivity index (χ3v) is 3.50. The van der Waals surface area contributed by atoms with Gasteiger partial charge in [0, 0.05) is 24.5 Å². The molecule has 1 N–H and O–H groups in total. The number of amides is 1. The van der Waals surface area contributed by atoms with Crippen molar-refractivity contribution in [1.82, 2.24) is 15.1 Å². The Labute approximate surface area is 137 Å². The minimum atomic E-state index is -0.606. The molecule has 2 aromatic rings. The Morgan fingerprint density at radius 2 is 2.12 bits per heavy atom. The molecule has 1 aliphatic rings. The molecular formula is C15H16N4O5. The van der Waals surface area contributed by atoms with Crippen molar-refractivity contribution in [1.29, 1.82) is 0 Å². The van der Waals surface area contributed by atoms with Gasteiger partial charge in [0.2, 0.25) is 0 Å². The molecule has 2 heterocycles. The maximum absolute atomic E-state index is 12.5. The highest BCUT2D eigenvalue weighted by Crippen LogP contribution is 2.36. The predicted octanol–water partition coefficient (Wildman–Crippen LogP) is 1.38. The lowest BCUT2D eigenvalue weighted by Gasteiger charge is -2.19. The van der Waals surface area contributed by atoms with Crippen LogP contribution in [0.25, 0.3) is 0 Å². The van der Waals surface area contributed by atoms with Crippen LogP contribution < -0.4 is 14.8 Å². The lowest BCUT2D eigenvalue weighted by atomic mass is 10.1. The van der Waals surface area contributed by atoms with Crippen LogP contribution >= 0.6 is 0 Å². The molecule has 0 saturated heterocycles. The number of benzene rings is 1. The zero-order valence-electron chi connectivity index (χ0n) is 13.0. The molecule has 0 fully saturated rings. The Hall–Kier alpha value is -3.10. The number of hydrogen-bond acceptors (Lipinski definition) is 6. The van der Waals surface area contributed by atoms with Crippen LogP contribution in [0.15, 0.2) is 30.6 Å². The fourth-order valence-electron chi connectivity index (χ4n) is 2.45. The first-order valence-corrected chi connectivity index (χ1v) is 7.41. The maximum atomic E-state index is 12.5. The zero-order chi connectivity index (χ0) is 17.1. The summed E-state index contributed by atoms with van der Waals surface area (Å²) in [4.78, 5) is 23.1. The summed E-state index contributed by atoms with van der Waals surface area (Å²) in [5.41, 5.74) is -0.375. The molecule has 1 unspecified atom stereocenters. The molecule has 9 heteroatoms. The van der Waals surface area contributed by atoms with Gasteiger partial charge in [0.05, 0.1) is 17.5 Å². The number of nitrogens with zero attached hydrogens (tertiary/aromatic N) is 3. The molecule has 1 aliphatic heterocycles. The number of nitrogens with one attached hydrogen (secondary N) is 1. The van der Waals surface area contributed by atoms with Crippen molar-refractivity contribution >= 4 is 11.6 Å². The smallest absolute Gasteiger partial charge is 0.286 e. The SMILES string of the molecule is CC(Cn1cccn1)NC(=O)c1cc2c(cc1[N+](=O)[O-])OCCO2. The van der Waals surface area contributed by atoms with Gasteiger partial charge in [0.1, 0.15) is 18.8 Å². The topological polar surface area (TPSA) is 109 Å². The number of aromatic nitrogens is 2. The molecule has 126 valence electrons. The number of carbonyl (C=O) groups excluding carboxylic acids is 1. The number of hydrogen-bond donors (Lipinski definition) is 1. The Morgan fingerprint density at radius 1 is 1.42 bits per heavy atom. The summed E-state index contributed by atoms with van der Waals surface area (Å²) in [7, 11) is 0. The van der Waals surface area contributed by atoms with Crippen LogP contribution in [0, 0.1) is 10.1 Å². The van der Waals surface area contributed by atoms with Gasteiger partial charge in [0.25, 0.3) is 11.6 Å². The van der Waals surface area contributed by atoms with Crippen molar-refractivity contribution in [2.45, 2.75) is 19.5 Å². The minimum Gasteiger partial charge on any atom is -0.486 e. The van der Waals surface area contributed by atoms with Crippen molar-refractivity contribution in [2.75, 3.05) is 13.2 Å².